The van der Waals surface area contributed by atoms with Crippen molar-refractivity contribution in [1.82, 2.24) is 9.80 Å². The summed E-state index contributed by atoms with van der Waals surface area (Å²) in [7, 11) is 0. The highest BCUT2D eigenvalue weighted by Crippen LogP contribution is 2.47. The Kier molecular flexibility index (Phi) is 5.16. The Hall–Kier alpha value is -2.26. The standard InChI is InChI=1S/C22H23ClF3N3O3/c23-17-15-7-13(11-1-2-11)8-16(22(24,25)26)18(15)32-19(17)21(31)28-5-3-12(4-6-28)20(30)29-9-14(27)10-29/h7-8,11-12,14H,1-6,9-10,27H2. The summed E-state index contributed by atoms with van der Waals surface area (Å²) in [6.45, 7) is 1.72. The van der Waals surface area contributed by atoms with Crippen molar-refractivity contribution in [2.45, 2.75) is 43.8 Å². The lowest BCUT2D eigenvalue weighted by Gasteiger charge is -2.40. The van der Waals surface area contributed by atoms with E-state index in [9.17, 15) is 22.8 Å². The van der Waals surface area contributed by atoms with E-state index in [2.05, 4.69) is 0 Å². The first-order valence-corrected chi connectivity index (χ1v) is 11.2. The van der Waals surface area contributed by atoms with Crippen molar-refractivity contribution in [1.29, 1.82) is 0 Å². The molecule has 10 heteroatoms. The molecule has 0 unspecified atom stereocenters. The number of fused-ring (bicyclic) bond motifs is 1. The van der Waals surface area contributed by atoms with E-state index in [1.807, 2.05) is 0 Å². The Bertz CT molecular complexity index is 1080. The number of nitrogens with two attached hydrogens (primary N) is 1. The minimum atomic E-state index is -4.62. The highest BCUT2D eigenvalue weighted by molar-refractivity contribution is 6.38. The van der Waals surface area contributed by atoms with E-state index in [0.29, 0.717) is 44.6 Å². The molecule has 3 fully saturated rings. The van der Waals surface area contributed by atoms with Crippen LogP contribution < -0.4 is 5.73 Å². The summed E-state index contributed by atoms with van der Waals surface area (Å²) in [6.07, 6.45) is -1.99. The number of furan rings is 1. The van der Waals surface area contributed by atoms with Crippen molar-refractivity contribution in [3.63, 3.8) is 0 Å². The summed E-state index contributed by atoms with van der Waals surface area (Å²) < 4.78 is 46.5. The maximum Gasteiger partial charge on any atom is 0.420 e. The summed E-state index contributed by atoms with van der Waals surface area (Å²) >= 11 is 6.37. The molecule has 0 radical (unpaired) electrons. The van der Waals surface area contributed by atoms with Gasteiger partial charge in [-0.2, -0.15) is 13.2 Å². The zero-order chi connectivity index (χ0) is 22.8. The minimum Gasteiger partial charge on any atom is -0.449 e. The van der Waals surface area contributed by atoms with Crippen molar-refractivity contribution in [3.8, 4) is 0 Å². The Morgan fingerprint density at radius 3 is 2.28 bits per heavy atom. The molecule has 6 nitrogen and oxygen atoms in total. The van der Waals surface area contributed by atoms with E-state index in [-0.39, 0.29) is 40.0 Å². The fraction of sp³-hybridized carbons (Fsp3) is 0.545. The van der Waals surface area contributed by atoms with Gasteiger partial charge in [0.05, 0.1) is 10.6 Å². The second kappa shape index (κ2) is 7.66. The fourth-order valence-corrected chi connectivity index (χ4v) is 4.88. The number of hydrogen-bond acceptors (Lipinski definition) is 4. The Morgan fingerprint density at radius 2 is 1.72 bits per heavy atom. The summed E-state index contributed by atoms with van der Waals surface area (Å²) in [4.78, 5) is 28.8. The normalized spacial score (nSPS) is 20.7. The number of rotatable bonds is 3. The minimum absolute atomic E-state index is 0.0258. The van der Waals surface area contributed by atoms with Gasteiger partial charge in [0.15, 0.2) is 0 Å². The molecule has 1 aromatic heterocycles. The number of nitrogens with zero attached hydrogens (tertiary/aromatic N) is 2. The van der Waals surface area contributed by atoms with Gasteiger partial charge in [0.2, 0.25) is 11.7 Å². The molecule has 0 spiro atoms. The Labute approximate surface area is 187 Å². The maximum absolute atomic E-state index is 13.7. The van der Waals surface area contributed by atoms with Crippen LogP contribution >= 0.6 is 11.6 Å². The average Bonchev–Trinajstić information content (AvgIpc) is 3.53. The lowest BCUT2D eigenvalue weighted by Crippen LogP contribution is -2.59. The van der Waals surface area contributed by atoms with Crippen LogP contribution in [0, 0.1) is 5.92 Å². The molecule has 1 aliphatic carbocycles. The van der Waals surface area contributed by atoms with Gasteiger partial charge in [0.25, 0.3) is 5.91 Å². The van der Waals surface area contributed by atoms with E-state index in [0.717, 1.165) is 18.9 Å². The highest BCUT2D eigenvalue weighted by Gasteiger charge is 2.40. The van der Waals surface area contributed by atoms with Gasteiger partial charge in [-0.15, -0.1) is 0 Å². The van der Waals surface area contributed by atoms with Gasteiger partial charge >= 0.3 is 6.18 Å². The average molecular weight is 470 g/mol. The number of piperidine rings is 1. The van der Waals surface area contributed by atoms with Crippen LogP contribution in [0.2, 0.25) is 5.02 Å². The molecule has 1 aromatic carbocycles. The van der Waals surface area contributed by atoms with Crippen molar-refractivity contribution in [2.75, 3.05) is 26.2 Å². The third kappa shape index (κ3) is 3.75. The first kappa shape index (κ1) is 21.6. The van der Waals surface area contributed by atoms with Gasteiger partial charge in [-0.25, -0.2) is 0 Å². The van der Waals surface area contributed by atoms with Gasteiger partial charge in [-0.3, -0.25) is 9.59 Å². The van der Waals surface area contributed by atoms with E-state index < -0.39 is 23.2 Å². The van der Waals surface area contributed by atoms with Crippen molar-refractivity contribution in [3.05, 3.63) is 34.0 Å². The van der Waals surface area contributed by atoms with Crippen LogP contribution in [0.15, 0.2) is 16.5 Å². The zero-order valence-corrected chi connectivity index (χ0v) is 18.0. The molecule has 172 valence electrons. The summed E-state index contributed by atoms with van der Waals surface area (Å²) in [5.74, 6) is -0.885. The molecule has 1 saturated carbocycles. The molecule has 3 heterocycles. The smallest absolute Gasteiger partial charge is 0.420 e. The number of carbonyl (C=O) groups excluding carboxylic acids is 2. The molecule has 3 aliphatic rings. The van der Waals surface area contributed by atoms with Crippen LogP contribution in [0.3, 0.4) is 0 Å². The number of halogens is 4. The maximum atomic E-state index is 13.7. The molecular weight excluding hydrogens is 447 g/mol. The van der Waals surface area contributed by atoms with E-state index in [1.54, 1.807) is 11.0 Å². The van der Waals surface area contributed by atoms with Crippen LogP contribution in [0.5, 0.6) is 0 Å². The molecule has 2 aliphatic heterocycles. The lowest BCUT2D eigenvalue weighted by atomic mass is 9.93. The van der Waals surface area contributed by atoms with Crippen molar-refractivity contribution in [2.24, 2.45) is 11.7 Å². The molecule has 2 aromatic rings. The molecule has 5 rings (SSSR count). The lowest BCUT2D eigenvalue weighted by molar-refractivity contribution is -0.141. The third-order valence-electron chi connectivity index (χ3n) is 6.65. The molecular formula is C22H23ClF3N3O3. The van der Waals surface area contributed by atoms with Crippen LogP contribution in [0.1, 0.15) is 53.3 Å². The quantitative estimate of drug-likeness (QED) is 0.736. The van der Waals surface area contributed by atoms with Gasteiger partial charge in [0.1, 0.15) is 5.58 Å². The summed E-state index contributed by atoms with van der Waals surface area (Å²) in [5, 5.41) is 0.0247. The van der Waals surface area contributed by atoms with E-state index >= 15 is 0 Å². The van der Waals surface area contributed by atoms with Gasteiger partial charge in [-0.05, 0) is 49.3 Å². The highest BCUT2D eigenvalue weighted by atomic mass is 35.5. The number of benzene rings is 1. The van der Waals surface area contributed by atoms with Crippen LogP contribution in [-0.4, -0.2) is 53.8 Å². The van der Waals surface area contributed by atoms with Gasteiger partial charge < -0.3 is 20.0 Å². The van der Waals surface area contributed by atoms with Crippen LogP contribution in [-0.2, 0) is 11.0 Å². The van der Waals surface area contributed by atoms with E-state index in [4.69, 9.17) is 21.8 Å². The summed E-state index contributed by atoms with van der Waals surface area (Å²) in [5.41, 5.74) is 4.99. The molecule has 0 atom stereocenters. The Morgan fingerprint density at radius 1 is 1.06 bits per heavy atom. The van der Waals surface area contributed by atoms with E-state index in [1.165, 1.54) is 4.90 Å². The number of amides is 2. The van der Waals surface area contributed by atoms with Gasteiger partial charge in [0, 0.05) is 43.5 Å². The SMILES string of the molecule is NC1CN(C(=O)C2CCN(C(=O)c3oc4c(C(F)(F)F)cc(C5CC5)cc4c3Cl)CC2)C1. The Balaban J connectivity index is 1.37. The van der Waals surface area contributed by atoms with Crippen molar-refractivity contribution < 1.29 is 27.2 Å². The molecule has 2 N–H and O–H groups in total. The second-order valence-electron chi connectivity index (χ2n) is 9.03. The largest absolute Gasteiger partial charge is 0.449 e. The molecule has 0 bridgehead atoms. The second-order valence-corrected chi connectivity index (χ2v) is 9.41. The first-order valence-electron chi connectivity index (χ1n) is 10.8. The van der Waals surface area contributed by atoms with Crippen LogP contribution in [0.25, 0.3) is 11.0 Å². The predicted octanol–water partition coefficient (Wildman–Crippen LogP) is 4.00. The number of likely N-dealkylation sites (tertiary alicyclic amines) is 2. The predicted molar refractivity (Wildman–Crippen MR) is 111 cm³/mol. The third-order valence-corrected chi connectivity index (χ3v) is 7.03. The topological polar surface area (TPSA) is 79.8 Å². The first-order chi connectivity index (χ1) is 15.1. The molecule has 2 saturated heterocycles. The van der Waals surface area contributed by atoms with Crippen molar-refractivity contribution >= 4 is 34.4 Å². The van der Waals surface area contributed by atoms with Crippen LogP contribution in [0.4, 0.5) is 13.2 Å². The molecule has 32 heavy (non-hydrogen) atoms. The summed E-state index contributed by atoms with van der Waals surface area (Å²) in [6, 6.07) is 2.73. The number of alkyl halides is 3. The number of hydrogen-bond donors (Lipinski definition) is 1. The number of carbonyl (C=O) groups is 2. The molecule has 2 amide bonds. The fourth-order valence-electron chi connectivity index (χ4n) is 4.62. The van der Waals surface area contributed by atoms with Gasteiger partial charge in [-0.1, -0.05) is 11.6 Å². The zero-order valence-electron chi connectivity index (χ0n) is 17.3. The monoisotopic (exact) mass is 469 g/mol.